The molecule has 0 spiro atoms. The molecule has 1 amide bonds. The molecule has 2 aromatic rings. The number of nitrogens with one attached hydrogen (secondary N) is 1. The SMILES string of the molecule is Cc1ccc(C(=O)Nc2cccc(OCC(N)=S)c2)cn1. The zero-order valence-electron chi connectivity index (χ0n) is 11.5. The van der Waals surface area contributed by atoms with E-state index in [-0.39, 0.29) is 17.5 Å². The fourth-order valence-electron chi connectivity index (χ4n) is 1.62. The molecule has 5 nitrogen and oxygen atoms in total. The van der Waals surface area contributed by atoms with E-state index in [2.05, 4.69) is 10.3 Å². The Balaban J connectivity index is 2.05. The van der Waals surface area contributed by atoms with Crippen LogP contribution < -0.4 is 15.8 Å². The van der Waals surface area contributed by atoms with Gasteiger partial charge in [-0.05, 0) is 31.2 Å². The number of aromatic nitrogens is 1. The summed E-state index contributed by atoms with van der Waals surface area (Å²) in [5.41, 5.74) is 7.36. The number of benzene rings is 1. The molecule has 1 aromatic carbocycles. The van der Waals surface area contributed by atoms with E-state index in [0.29, 0.717) is 17.0 Å². The lowest BCUT2D eigenvalue weighted by molar-refractivity contribution is 0.102. The number of ether oxygens (including phenoxy) is 1. The average molecular weight is 301 g/mol. The van der Waals surface area contributed by atoms with Crippen molar-refractivity contribution in [1.82, 2.24) is 4.98 Å². The Labute approximate surface area is 128 Å². The van der Waals surface area contributed by atoms with E-state index >= 15 is 0 Å². The third-order valence-corrected chi connectivity index (χ3v) is 2.76. The summed E-state index contributed by atoms with van der Waals surface area (Å²) in [7, 11) is 0. The second-order valence-corrected chi connectivity index (χ2v) is 4.95. The molecule has 0 unspecified atom stereocenters. The summed E-state index contributed by atoms with van der Waals surface area (Å²) in [6.07, 6.45) is 1.54. The van der Waals surface area contributed by atoms with Gasteiger partial charge in [-0.25, -0.2) is 0 Å². The van der Waals surface area contributed by atoms with Crippen molar-refractivity contribution in [3.05, 3.63) is 53.9 Å². The summed E-state index contributed by atoms with van der Waals surface area (Å²) in [5, 5.41) is 2.78. The predicted octanol–water partition coefficient (Wildman–Crippen LogP) is 2.31. The van der Waals surface area contributed by atoms with Gasteiger partial charge in [0.05, 0.1) is 5.56 Å². The molecule has 6 heteroatoms. The summed E-state index contributed by atoms with van der Waals surface area (Å²) in [6.45, 7) is 2.03. The average Bonchev–Trinajstić information content (AvgIpc) is 2.46. The molecule has 108 valence electrons. The molecule has 2 rings (SSSR count). The van der Waals surface area contributed by atoms with Crippen LogP contribution in [0.1, 0.15) is 16.1 Å². The van der Waals surface area contributed by atoms with Crippen molar-refractivity contribution in [2.24, 2.45) is 5.73 Å². The third-order valence-electron chi connectivity index (χ3n) is 2.65. The van der Waals surface area contributed by atoms with Gasteiger partial charge >= 0.3 is 0 Å². The van der Waals surface area contributed by atoms with Crippen molar-refractivity contribution in [3.63, 3.8) is 0 Å². The first kappa shape index (κ1) is 14.9. The van der Waals surface area contributed by atoms with Crippen LogP contribution in [0.15, 0.2) is 42.6 Å². The molecule has 0 fully saturated rings. The van der Waals surface area contributed by atoms with Crippen LogP contribution in [0.3, 0.4) is 0 Å². The van der Waals surface area contributed by atoms with Crippen molar-refractivity contribution in [2.45, 2.75) is 6.92 Å². The lowest BCUT2D eigenvalue weighted by Gasteiger charge is -2.08. The fourth-order valence-corrected chi connectivity index (χ4v) is 1.68. The van der Waals surface area contributed by atoms with E-state index < -0.39 is 0 Å². The molecule has 0 atom stereocenters. The van der Waals surface area contributed by atoms with Crippen molar-refractivity contribution in [2.75, 3.05) is 11.9 Å². The maximum atomic E-state index is 12.1. The van der Waals surface area contributed by atoms with E-state index in [4.69, 9.17) is 22.7 Å². The van der Waals surface area contributed by atoms with Gasteiger partial charge in [-0.1, -0.05) is 18.3 Å². The van der Waals surface area contributed by atoms with Gasteiger partial charge in [-0.2, -0.15) is 0 Å². The number of aryl methyl sites for hydroxylation is 1. The first-order chi connectivity index (χ1) is 10.0. The van der Waals surface area contributed by atoms with E-state index in [1.165, 1.54) is 6.20 Å². The highest BCUT2D eigenvalue weighted by atomic mass is 32.1. The highest BCUT2D eigenvalue weighted by Crippen LogP contribution is 2.18. The van der Waals surface area contributed by atoms with E-state index in [1.54, 1.807) is 36.4 Å². The number of nitrogens with zero attached hydrogens (tertiary/aromatic N) is 1. The summed E-state index contributed by atoms with van der Waals surface area (Å²) in [4.78, 5) is 16.4. The largest absolute Gasteiger partial charge is 0.486 e. The van der Waals surface area contributed by atoms with Crippen LogP contribution in [0.5, 0.6) is 5.75 Å². The molecule has 0 saturated heterocycles. The first-order valence-electron chi connectivity index (χ1n) is 6.30. The van der Waals surface area contributed by atoms with Gasteiger partial charge in [-0.3, -0.25) is 9.78 Å². The minimum atomic E-state index is -0.228. The molecule has 21 heavy (non-hydrogen) atoms. The number of carbonyl (C=O) groups is 1. The van der Waals surface area contributed by atoms with Gasteiger partial charge in [0.2, 0.25) is 0 Å². The Morgan fingerprint density at radius 2 is 2.19 bits per heavy atom. The lowest BCUT2D eigenvalue weighted by Crippen LogP contribution is -2.18. The number of hydrogen-bond donors (Lipinski definition) is 2. The Hall–Kier alpha value is -2.47. The molecule has 0 radical (unpaired) electrons. The Morgan fingerprint density at radius 3 is 2.86 bits per heavy atom. The van der Waals surface area contributed by atoms with Gasteiger partial charge in [0.1, 0.15) is 17.3 Å². The van der Waals surface area contributed by atoms with E-state index in [0.717, 1.165) is 5.69 Å². The van der Waals surface area contributed by atoms with Crippen LogP contribution in [0.2, 0.25) is 0 Å². The van der Waals surface area contributed by atoms with Gasteiger partial charge in [-0.15, -0.1) is 0 Å². The topological polar surface area (TPSA) is 77.2 Å². The monoisotopic (exact) mass is 301 g/mol. The van der Waals surface area contributed by atoms with Gasteiger partial charge < -0.3 is 15.8 Å². The molecule has 0 saturated carbocycles. The number of rotatable bonds is 5. The van der Waals surface area contributed by atoms with Crippen molar-refractivity contribution in [1.29, 1.82) is 0 Å². The number of thiocarbonyl (C=S) groups is 1. The number of hydrogen-bond acceptors (Lipinski definition) is 4. The van der Waals surface area contributed by atoms with Gasteiger partial charge in [0.15, 0.2) is 0 Å². The minimum Gasteiger partial charge on any atom is -0.486 e. The number of carbonyl (C=O) groups excluding carboxylic acids is 1. The van der Waals surface area contributed by atoms with E-state index in [9.17, 15) is 4.79 Å². The zero-order valence-corrected chi connectivity index (χ0v) is 12.3. The molecule has 0 aliphatic rings. The molecular weight excluding hydrogens is 286 g/mol. The van der Waals surface area contributed by atoms with Crippen molar-refractivity contribution < 1.29 is 9.53 Å². The normalized spacial score (nSPS) is 9.95. The molecule has 0 aliphatic carbocycles. The summed E-state index contributed by atoms with van der Waals surface area (Å²) < 4.78 is 5.38. The lowest BCUT2D eigenvalue weighted by atomic mass is 10.2. The molecule has 0 aliphatic heterocycles. The van der Waals surface area contributed by atoms with Crippen LogP contribution in [0, 0.1) is 6.92 Å². The van der Waals surface area contributed by atoms with Crippen molar-refractivity contribution >= 4 is 28.8 Å². The summed E-state index contributed by atoms with van der Waals surface area (Å²) in [5.74, 6) is 0.358. The van der Waals surface area contributed by atoms with Crippen LogP contribution in [-0.2, 0) is 0 Å². The number of anilines is 1. The Kier molecular flexibility index (Phi) is 4.84. The standard InChI is InChI=1S/C15H15N3O2S/c1-10-5-6-11(8-17-10)15(19)18-12-3-2-4-13(7-12)20-9-14(16)21/h2-8H,9H2,1H3,(H2,16,21)(H,18,19). The van der Waals surface area contributed by atoms with Crippen LogP contribution in [-0.4, -0.2) is 22.5 Å². The minimum absolute atomic E-state index is 0.161. The zero-order chi connectivity index (χ0) is 15.2. The number of amides is 1. The second-order valence-electron chi connectivity index (χ2n) is 4.43. The van der Waals surface area contributed by atoms with Crippen molar-refractivity contribution in [3.8, 4) is 5.75 Å². The highest BCUT2D eigenvalue weighted by Gasteiger charge is 2.07. The quantitative estimate of drug-likeness (QED) is 0.829. The highest BCUT2D eigenvalue weighted by molar-refractivity contribution is 7.80. The summed E-state index contributed by atoms with van der Waals surface area (Å²) in [6, 6.07) is 10.5. The fraction of sp³-hybridized carbons (Fsp3) is 0.133. The third kappa shape index (κ3) is 4.54. The van der Waals surface area contributed by atoms with Crippen LogP contribution in [0.25, 0.3) is 0 Å². The van der Waals surface area contributed by atoms with E-state index in [1.807, 2.05) is 6.92 Å². The van der Waals surface area contributed by atoms with Crippen LogP contribution in [0.4, 0.5) is 5.69 Å². The molecule has 1 heterocycles. The predicted molar refractivity (Wildman–Crippen MR) is 85.6 cm³/mol. The number of pyridine rings is 1. The molecule has 0 bridgehead atoms. The second kappa shape index (κ2) is 6.81. The Morgan fingerprint density at radius 1 is 1.38 bits per heavy atom. The smallest absolute Gasteiger partial charge is 0.257 e. The van der Waals surface area contributed by atoms with Gasteiger partial charge in [0, 0.05) is 23.6 Å². The molecule has 3 N–H and O–H groups in total. The maximum absolute atomic E-state index is 12.1. The maximum Gasteiger partial charge on any atom is 0.257 e. The first-order valence-corrected chi connectivity index (χ1v) is 6.70. The number of nitrogens with two attached hydrogens (primary N) is 1. The molecule has 1 aromatic heterocycles. The molecular formula is C15H15N3O2S. The van der Waals surface area contributed by atoms with Crippen LogP contribution >= 0.6 is 12.2 Å². The Bertz CT molecular complexity index is 656. The summed E-state index contributed by atoms with van der Waals surface area (Å²) >= 11 is 4.75. The van der Waals surface area contributed by atoms with Gasteiger partial charge in [0.25, 0.3) is 5.91 Å².